The van der Waals surface area contributed by atoms with E-state index in [9.17, 15) is 9.59 Å². The fourth-order valence-electron chi connectivity index (χ4n) is 2.91. The van der Waals surface area contributed by atoms with Crippen LogP contribution < -0.4 is 5.32 Å². The molecule has 1 N–H and O–H groups in total. The summed E-state index contributed by atoms with van der Waals surface area (Å²) in [5.41, 5.74) is 0.411. The van der Waals surface area contributed by atoms with Crippen molar-refractivity contribution in [3.8, 4) is 0 Å². The summed E-state index contributed by atoms with van der Waals surface area (Å²) in [5, 5.41) is 3.34. The van der Waals surface area contributed by atoms with Crippen LogP contribution in [0.25, 0.3) is 0 Å². The van der Waals surface area contributed by atoms with Crippen molar-refractivity contribution in [1.29, 1.82) is 0 Å². The van der Waals surface area contributed by atoms with Gasteiger partial charge in [0, 0.05) is 19.0 Å². The molecule has 0 aromatic carbocycles. The number of methoxy groups -OCH3 is 1. The van der Waals surface area contributed by atoms with Crippen LogP contribution in [0, 0.1) is 12.8 Å². The molecule has 0 saturated carbocycles. The number of carbonyl (C=O) groups is 2. The molecular formula is C16H24N2O4. The summed E-state index contributed by atoms with van der Waals surface area (Å²) in [6.07, 6.45) is 1.71. The van der Waals surface area contributed by atoms with Gasteiger partial charge in [-0.15, -0.1) is 0 Å². The Morgan fingerprint density at radius 2 is 2.23 bits per heavy atom. The number of rotatable bonds is 4. The summed E-state index contributed by atoms with van der Waals surface area (Å²) in [6, 6.07) is 2.02. The first-order valence-electron chi connectivity index (χ1n) is 7.58. The molecule has 6 heteroatoms. The largest absolute Gasteiger partial charge is 0.465 e. The number of hydrogen-bond acceptors (Lipinski definition) is 5. The van der Waals surface area contributed by atoms with Gasteiger partial charge in [-0.25, -0.2) is 4.79 Å². The Morgan fingerprint density at radius 3 is 2.86 bits per heavy atom. The number of carbonyl (C=O) groups excluding carboxylic acids is 2. The lowest BCUT2D eigenvalue weighted by molar-refractivity contribution is -0.136. The van der Waals surface area contributed by atoms with E-state index in [1.165, 1.54) is 7.11 Å². The highest BCUT2D eigenvalue weighted by Crippen LogP contribution is 2.21. The molecule has 0 aliphatic carbocycles. The molecule has 1 amide bonds. The number of piperidine rings is 1. The molecule has 1 aliphatic heterocycles. The van der Waals surface area contributed by atoms with Crippen molar-refractivity contribution in [1.82, 2.24) is 10.2 Å². The molecule has 1 aromatic heterocycles. The fraction of sp³-hybridized carbons (Fsp3) is 0.625. The van der Waals surface area contributed by atoms with E-state index in [0.29, 0.717) is 29.7 Å². The van der Waals surface area contributed by atoms with E-state index in [1.54, 1.807) is 24.9 Å². The molecular weight excluding hydrogens is 284 g/mol. The van der Waals surface area contributed by atoms with Gasteiger partial charge in [0.05, 0.1) is 13.7 Å². The maximum absolute atomic E-state index is 12.5. The highest BCUT2D eigenvalue weighted by molar-refractivity contribution is 5.90. The number of ether oxygens (including phenoxy) is 1. The number of hydrogen-bond donors (Lipinski definition) is 1. The van der Waals surface area contributed by atoms with Crippen molar-refractivity contribution in [2.45, 2.75) is 39.3 Å². The Bertz CT molecular complexity index is 552. The topological polar surface area (TPSA) is 71.8 Å². The second kappa shape index (κ2) is 6.96. The Balaban J connectivity index is 2.00. The van der Waals surface area contributed by atoms with Crippen LogP contribution in [0.5, 0.6) is 0 Å². The van der Waals surface area contributed by atoms with Crippen LogP contribution in [-0.4, -0.2) is 43.5 Å². The fourth-order valence-corrected chi connectivity index (χ4v) is 2.91. The summed E-state index contributed by atoms with van der Waals surface area (Å²) in [6.45, 7) is 5.04. The average Bonchev–Trinajstić information content (AvgIpc) is 2.86. The van der Waals surface area contributed by atoms with E-state index >= 15 is 0 Å². The van der Waals surface area contributed by atoms with Crippen molar-refractivity contribution in [3.63, 3.8) is 0 Å². The van der Waals surface area contributed by atoms with Gasteiger partial charge >= 0.3 is 5.97 Å². The Labute approximate surface area is 130 Å². The second-order valence-electron chi connectivity index (χ2n) is 5.94. The van der Waals surface area contributed by atoms with Crippen LogP contribution in [0.15, 0.2) is 10.5 Å². The van der Waals surface area contributed by atoms with Crippen molar-refractivity contribution < 1.29 is 18.7 Å². The van der Waals surface area contributed by atoms with E-state index in [-0.39, 0.29) is 11.8 Å². The first kappa shape index (κ1) is 16.5. The Hall–Kier alpha value is -1.82. The smallest absolute Gasteiger partial charge is 0.341 e. The molecule has 1 aromatic rings. The number of nitrogens with one attached hydrogen (secondary N) is 1. The molecule has 1 aliphatic rings. The van der Waals surface area contributed by atoms with Gasteiger partial charge in [0.15, 0.2) is 0 Å². The molecule has 6 nitrogen and oxygen atoms in total. The molecule has 122 valence electrons. The van der Waals surface area contributed by atoms with Gasteiger partial charge in [0.2, 0.25) is 5.91 Å². The third-order valence-electron chi connectivity index (χ3n) is 4.12. The monoisotopic (exact) mass is 308 g/mol. The highest BCUT2D eigenvalue weighted by atomic mass is 16.5. The van der Waals surface area contributed by atoms with Crippen molar-refractivity contribution in [3.05, 3.63) is 23.2 Å². The van der Waals surface area contributed by atoms with Crippen molar-refractivity contribution in [2.75, 3.05) is 20.7 Å². The molecule has 0 radical (unpaired) electrons. The third-order valence-corrected chi connectivity index (χ3v) is 4.12. The summed E-state index contributed by atoms with van der Waals surface area (Å²) in [7, 11) is 3.10. The quantitative estimate of drug-likeness (QED) is 0.858. The SMILES string of the molecule is COC(=O)c1cc(CN(C)C(=O)[C@H]2CCN[C@@H](C)C2)oc1C. The minimum Gasteiger partial charge on any atom is -0.465 e. The van der Waals surface area contributed by atoms with Crippen molar-refractivity contribution in [2.24, 2.45) is 5.92 Å². The summed E-state index contributed by atoms with van der Waals surface area (Å²) < 4.78 is 10.3. The maximum Gasteiger partial charge on any atom is 0.341 e. The minimum atomic E-state index is -0.423. The predicted octanol–water partition coefficient (Wildman–Crippen LogP) is 1.72. The molecule has 2 heterocycles. The van der Waals surface area contributed by atoms with Crippen molar-refractivity contribution >= 4 is 11.9 Å². The third kappa shape index (κ3) is 3.68. The Kier molecular flexibility index (Phi) is 5.24. The maximum atomic E-state index is 12.5. The summed E-state index contributed by atoms with van der Waals surface area (Å²) >= 11 is 0. The van der Waals surface area contributed by atoms with E-state index in [1.807, 2.05) is 0 Å². The van der Waals surface area contributed by atoms with Gasteiger partial charge in [0.1, 0.15) is 17.1 Å². The molecule has 1 saturated heterocycles. The zero-order valence-electron chi connectivity index (χ0n) is 13.6. The first-order chi connectivity index (χ1) is 10.4. The molecule has 22 heavy (non-hydrogen) atoms. The lowest BCUT2D eigenvalue weighted by Gasteiger charge is -2.30. The number of esters is 1. The lowest BCUT2D eigenvalue weighted by Crippen LogP contribution is -2.42. The van der Waals surface area contributed by atoms with Crippen LogP contribution >= 0.6 is 0 Å². The predicted molar refractivity (Wildman–Crippen MR) is 81.4 cm³/mol. The summed E-state index contributed by atoms with van der Waals surface area (Å²) in [5.74, 6) is 0.863. The van der Waals surface area contributed by atoms with E-state index in [4.69, 9.17) is 9.15 Å². The highest BCUT2D eigenvalue weighted by Gasteiger charge is 2.27. The van der Waals surface area contributed by atoms with E-state index in [0.717, 1.165) is 19.4 Å². The van der Waals surface area contributed by atoms with Gasteiger partial charge in [0.25, 0.3) is 0 Å². The van der Waals surface area contributed by atoms with Crippen LogP contribution in [-0.2, 0) is 16.1 Å². The second-order valence-corrected chi connectivity index (χ2v) is 5.94. The van der Waals surface area contributed by atoms with Crippen LogP contribution in [0.4, 0.5) is 0 Å². The van der Waals surface area contributed by atoms with Gasteiger partial charge in [-0.1, -0.05) is 0 Å². The average molecular weight is 308 g/mol. The van der Waals surface area contributed by atoms with Gasteiger partial charge in [-0.2, -0.15) is 0 Å². The molecule has 1 fully saturated rings. The zero-order valence-corrected chi connectivity index (χ0v) is 13.6. The zero-order chi connectivity index (χ0) is 16.3. The lowest BCUT2D eigenvalue weighted by atomic mass is 9.92. The standard InChI is InChI=1S/C16H24N2O4/c1-10-7-12(5-6-17-10)15(19)18(3)9-13-8-14(11(2)22-13)16(20)21-4/h8,10,12,17H,5-7,9H2,1-4H3/t10-,12-/m0/s1. The van der Waals surface area contributed by atoms with Gasteiger partial charge in [-0.05, 0) is 39.3 Å². The van der Waals surface area contributed by atoms with Gasteiger partial charge in [-0.3, -0.25) is 4.79 Å². The number of nitrogens with zero attached hydrogens (tertiary/aromatic N) is 1. The minimum absolute atomic E-state index is 0.0531. The molecule has 0 bridgehead atoms. The first-order valence-corrected chi connectivity index (χ1v) is 7.58. The van der Waals surface area contributed by atoms with Crippen LogP contribution in [0.2, 0.25) is 0 Å². The Morgan fingerprint density at radius 1 is 1.50 bits per heavy atom. The van der Waals surface area contributed by atoms with Crippen LogP contribution in [0.3, 0.4) is 0 Å². The number of furan rings is 1. The molecule has 2 atom stereocenters. The van der Waals surface area contributed by atoms with E-state index < -0.39 is 5.97 Å². The van der Waals surface area contributed by atoms with Gasteiger partial charge < -0.3 is 19.4 Å². The van der Waals surface area contributed by atoms with E-state index in [2.05, 4.69) is 12.2 Å². The number of aryl methyl sites for hydroxylation is 1. The summed E-state index contributed by atoms with van der Waals surface area (Å²) in [4.78, 5) is 25.7. The van der Waals surface area contributed by atoms with Crippen LogP contribution in [0.1, 0.15) is 41.6 Å². The molecule has 0 unspecified atom stereocenters. The molecule has 0 spiro atoms. The number of amides is 1. The molecule has 2 rings (SSSR count). The normalized spacial score (nSPS) is 21.5.